The molecule has 0 saturated carbocycles. The molecule has 0 bridgehead atoms. The number of halogens is 3. The summed E-state index contributed by atoms with van der Waals surface area (Å²) in [4.78, 5) is 18.8. The van der Waals surface area contributed by atoms with Gasteiger partial charge in [0.2, 0.25) is 11.1 Å². The predicted molar refractivity (Wildman–Crippen MR) is 183 cm³/mol. The van der Waals surface area contributed by atoms with E-state index in [2.05, 4.69) is 31.5 Å². The molecule has 1 aliphatic heterocycles. The van der Waals surface area contributed by atoms with Crippen LogP contribution in [0.5, 0.6) is 17.2 Å². The Morgan fingerprint density at radius 3 is 2.44 bits per heavy atom. The van der Waals surface area contributed by atoms with Crippen molar-refractivity contribution < 1.29 is 19.0 Å². The van der Waals surface area contributed by atoms with Gasteiger partial charge in [0.15, 0.2) is 11.5 Å². The fraction of sp³-hybridized carbons (Fsp3) is 0.281. The lowest BCUT2D eigenvalue weighted by atomic mass is 9.94. The van der Waals surface area contributed by atoms with Gasteiger partial charge >= 0.3 is 0 Å². The summed E-state index contributed by atoms with van der Waals surface area (Å²) in [6, 6.07) is 15.8. The van der Waals surface area contributed by atoms with Crippen molar-refractivity contribution in [2.24, 2.45) is 0 Å². The minimum absolute atomic E-state index is 0.126. The van der Waals surface area contributed by atoms with E-state index in [0.717, 1.165) is 11.3 Å². The zero-order chi connectivity index (χ0) is 32.1. The normalized spacial score (nSPS) is 14.1. The molecular weight excluding hydrogens is 701 g/mol. The van der Waals surface area contributed by atoms with E-state index in [4.69, 9.17) is 42.5 Å². The topological polar surface area (TPSA) is 99.5 Å². The molecule has 2 heterocycles. The van der Waals surface area contributed by atoms with Gasteiger partial charge in [-0.1, -0.05) is 60.1 Å². The van der Waals surface area contributed by atoms with Gasteiger partial charge in [0, 0.05) is 21.3 Å². The molecule has 1 amide bonds. The van der Waals surface area contributed by atoms with E-state index in [1.807, 2.05) is 64.1 Å². The van der Waals surface area contributed by atoms with Crippen molar-refractivity contribution in [1.29, 1.82) is 0 Å². The number of amides is 1. The number of nitrogens with zero attached hydrogens (tertiary/aromatic N) is 3. The van der Waals surface area contributed by atoms with Crippen molar-refractivity contribution in [3.8, 4) is 17.2 Å². The first-order valence-electron chi connectivity index (χ1n) is 14.4. The second kappa shape index (κ2) is 14.8. The molecule has 9 nitrogen and oxygen atoms in total. The van der Waals surface area contributed by atoms with Crippen LogP contribution in [-0.4, -0.2) is 39.6 Å². The minimum Gasteiger partial charge on any atom is -0.492 e. The molecule has 1 aromatic heterocycles. The standard InChI is InChI=1S/C32H32BrCl2N5O4S/c1-5-42-25-14-9-8-13-24(25)37-30(41)27-18(4)36-31-38-32(45-7-3)39-40(31)28(27)19-15-21(33)29(26(16-19)43-6-2)44-17-20-22(34)11-10-12-23(20)35/h8-16,28H,5-7,17H2,1-4H3,(H,37,41)(H,36,38,39). The quantitative estimate of drug-likeness (QED) is 0.140. The molecule has 2 N–H and O–H groups in total. The number of carbonyl (C=O) groups is 1. The third kappa shape index (κ3) is 7.22. The summed E-state index contributed by atoms with van der Waals surface area (Å²) >= 11 is 18.0. The summed E-state index contributed by atoms with van der Waals surface area (Å²) < 4.78 is 20.4. The van der Waals surface area contributed by atoms with Gasteiger partial charge in [-0.3, -0.25) is 4.79 Å². The number of thioether (sulfide) groups is 1. The van der Waals surface area contributed by atoms with Gasteiger partial charge in [-0.05, 0) is 84.4 Å². The highest BCUT2D eigenvalue weighted by molar-refractivity contribution is 9.10. The number of hydrogen-bond acceptors (Lipinski definition) is 8. The van der Waals surface area contributed by atoms with Gasteiger partial charge in [0.25, 0.3) is 5.91 Å². The van der Waals surface area contributed by atoms with E-state index in [1.54, 1.807) is 22.9 Å². The number of para-hydroxylation sites is 2. The van der Waals surface area contributed by atoms with Crippen LogP contribution < -0.4 is 24.8 Å². The highest BCUT2D eigenvalue weighted by Gasteiger charge is 2.36. The number of fused-ring (bicyclic) bond motifs is 1. The zero-order valence-electron chi connectivity index (χ0n) is 25.1. The van der Waals surface area contributed by atoms with E-state index < -0.39 is 6.04 Å². The monoisotopic (exact) mass is 731 g/mol. The first-order chi connectivity index (χ1) is 21.7. The van der Waals surface area contributed by atoms with Crippen LogP contribution in [0.3, 0.4) is 0 Å². The van der Waals surface area contributed by atoms with Crippen LogP contribution in [-0.2, 0) is 11.4 Å². The molecule has 0 aliphatic carbocycles. The first kappa shape index (κ1) is 33.0. The van der Waals surface area contributed by atoms with E-state index in [0.29, 0.717) is 78.6 Å². The molecule has 13 heteroatoms. The first-order valence-corrected chi connectivity index (χ1v) is 16.9. The van der Waals surface area contributed by atoms with Crippen LogP contribution in [0.4, 0.5) is 11.6 Å². The molecule has 1 atom stereocenters. The van der Waals surface area contributed by atoms with E-state index in [-0.39, 0.29) is 12.5 Å². The summed E-state index contributed by atoms with van der Waals surface area (Å²) in [6.45, 7) is 8.65. The Balaban J connectivity index is 1.58. The van der Waals surface area contributed by atoms with Gasteiger partial charge in [0.05, 0.1) is 28.9 Å². The maximum Gasteiger partial charge on any atom is 0.255 e. The molecule has 1 unspecified atom stereocenters. The molecule has 5 rings (SSSR count). The molecule has 45 heavy (non-hydrogen) atoms. The van der Waals surface area contributed by atoms with Crippen molar-refractivity contribution in [2.75, 3.05) is 29.6 Å². The van der Waals surface area contributed by atoms with Crippen LogP contribution >= 0.6 is 50.9 Å². The number of rotatable bonds is 12. The Kier molecular flexibility index (Phi) is 10.9. The fourth-order valence-corrected chi connectivity index (χ4v) is 6.56. The summed E-state index contributed by atoms with van der Waals surface area (Å²) in [6.07, 6.45) is 0. The Labute approximate surface area is 284 Å². The maximum absolute atomic E-state index is 14.1. The molecule has 0 saturated heterocycles. The minimum atomic E-state index is -0.651. The molecule has 1 aliphatic rings. The van der Waals surface area contributed by atoms with Crippen molar-refractivity contribution >= 4 is 68.4 Å². The average molecular weight is 734 g/mol. The Hall–Kier alpha value is -3.38. The van der Waals surface area contributed by atoms with E-state index in [1.165, 1.54) is 11.8 Å². The number of nitrogens with one attached hydrogen (secondary N) is 2. The summed E-state index contributed by atoms with van der Waals surface area (Å²) in [5.74, 6) is 2.55. The number of carbonyl (C=O) groups excluding carboxylic acids is 1. The number of allylic oxidation sites excluding steroid dienone is 1. The third-order valence-corrected chi connectivity index (χ3v) is 8.87. The van der Waals surface area contributed by atoms with Crippen molar-refractivity contribution in [3.05, 3.63) is 91.5 Å². The average Bonchev–Trinajstić information content (AvgIpc) is 3.40. The molecule has 236 valence electrons. The molecular formula is C32H32BrCl2N5O4S. The van der Waals surface area contributed by atoms with Crippen LogP contribution in [0.1, 0.15) is 44.9 Å². The van der Waals surface area contributed by atoms with Crippen molar-refractivity contribution in [2.45, 2.75) is 45.5 Å². The molecule has 3 aromatic carbocycles. The second-order valence-electron chi connectivity index (χ2n) is 9.80. The van der Waals surface area contributed by atoms with Crippen molar-refractivity contribution in [1.82, 2.24) is 14.8 Å². The van der Waals surface area contributed by atoms with Crippen LogP contribution in [0.2, 0.25) is 10.0 Å². The lowest BCUT2D eigenvalue weighted by Gasteiger charge is -2.29. The largest absolute Gasteiger partial charge is 0.492 e. The summed E-state index contributed by atoms with van der Waals surface area (Å²) in [7, 11) is 0. The van der Waals surface area contributed by atoms with Gasteiger partial charge < -0.3 is 24.8 Å². The SMILES string of the molecule is CCOc1ccccc1NC(=O)C1=C(C)Nc2nc(SCC)nn2C1c1cc(Br)c(OCc2c(Cl)cccc2Cl)c(OCC)c1. The van der Waals surface area contributed by atoms with Crippen LogP contribution in [0, 0.1) is 0 Å². The van der Waals surface area contributed by atoms with Crippen LogP contribution in [0.15, 0.2) is 75.5 Å². The number of hydrogen-bond donors (Lipinski definition) is 2. The Morgan fingerprint density at radius 2 is 1.73 bits per heavy atom. The Bertz CT molecular complexity index is 1730. The van der Waals surface area contributed by atoms with E-state index in [9.17, 15) is 4.79 Å². The molecule has 0 radical (unpaired) electrons. The smallest absolute Gasteiger partial charge is 0.255 e. The third-order valence-electron chi connectivity index (χ3n) is 6.86. The Morgan fingerprint density at radius 1 is 1.02 bits per heavy atom. The highest BCUT2D eigenvalue weighted by atomic mass is 79.9. The summed E-state index contributed by atoms with van der Waals surface area (Å²) in [5.41, 5.74) is 3.06. The predicted octanol–water partition coefficient (Wildman–Crippen LogP) is 8.76. The number of ether oxygens (including phenoxy) is 3. The molecule has 0 spiro atoms. The fourth-order valence-electron chi connectivity index (χ4n) is 4.93. The number of aromatic nitrogens is 3. The number of anilines is 2. The molecule has 0 fully saturated rings. The van der Waals surface area contributed by atoms with Gasteiger partial charge in [-0.25, -0.2) is 4.68 Å². The van der Waals surface area contributed by atoms with Crippen molar-refractivity contribution in [3.63, 3.8) is 0 Å². The molecule has 4 aromatic rings. The van der Waals surface area contributed by atoms with Gasteiger partial charge in [-0.15, -0.1) is 5.10 Å². The lowest BCUT2D eigenvalue weighted by molar-refractivity contribution is -0.113. The zero-order valence-corrected chi connectivity index (χ0v) is 29.0. The van der Waals surface area contributed by atoms with Gasteiger partial charge in [-0.2, -0.15) is 4.98 Å². The highest BCUT2D eigenvalue weighted by Crippen LogP contribution is 2.44. The van der Waals surface area contributed by atoms with Crippen LogP contribution in [0.25, 0.3) is 0 Å². The van der Waals surface area contributed by atoms with E-state index >= 15 is 0 Å². The number of benzene rings is 3. The summed E-state index contributed by atoms with van der Waals surface area (Å²) in [5, 5.41) is 12.7. The second-order valence-corrected chi connectivity index (χ2v) is 12.7. The maximum atomic E-state index is 14.1. The van der Waals surface area contributed by atoms with Gasteiger partial charge in [0.1, 0.15) is 18.4 Å². The lowest BCUT2D eigenvalue weighted by Crippen LogP contribution is -2.31.